The van der Waals surface area contributed by atoms with Crippen molar-refractivity contribution in [2.24, 2.45) is 11.7 Å². The van der Waals surface area contributed by atoms with Gasteiger partial charge < -0.3 is 16.4 Å². The van der Waals surface area contributed by atoms with Crippen molar-refractivity contribution in [1.82, 2.24) is 15.3 Å². The van der Waals surface area contributed by atoms with Gasteiger partial charge >= 0.3 is 0 Å². The van der Waals surface area contributed by atoms with Crippen molar-refractivity contribution < 1.29 is 14.0 Å². The number of primary amides is 1. The molecule has 7 nitrogen and oxygen atoms in total. The first-order valence-electron chi connectivity index (χ1n) is 8.27. The minimum absolute atomic E-state index is 0.0768. The minimum Gasteiger partial charge on any atom is -0.368 e. The van der Waals surface area contributed by atoms with Crippen molar-refractivity contribution in [1.29, 1.82) is 0 Å². The van der Waals surface area contributed by atoms with Crippen LogP contribution in [0.2, 0.25) is 0 Å². The molecule has 2 aromatic heterocycles. The predicted octanol–water partition coefficient (Wildman–Crippen LogP) is 2.21. The summed E-state index contributed by atoms with van der Waals surface area (Å²) in [5, 5.41) is 6.26. The summed E-state index contributed by atoms with van der Waals surface area (Å²) in [5.74, 6) is -1.48. The topological polar surface area (TPSA) is 110 Å². The van der Waals surface area contributed by atoms with Gasteiger partial charge in [0.1, 0.15) is 6.04 Å². The summed E-state index contributed by atoms with van der Waals surface area (Å²) in [5.41, 5.74) is 6.26. The van der Waals surface area contributed by atoms with Crippen molar-refractivity contribution in [3.63, 3.8) is 0 Å². The number of aryl methyl sites for hydroxylation is 1. The lowest BCUT2D eigenvalue weighted by atomic mass is 10.0. The molecule has 0 fully saturated rings. The van der Waals surface area contributed by atoms with Crippen LogP contribution >= 0.6 is 11.3 Å². The van der Waals surface area contributed by atoms with E-state index in [-0.39, 0.29) is 35.3 Å². The number of thiazole rings is 1. The van der Waals surface area contributed by atoms with E-state index >= 15 is 0 Å². The summed E-state index contributed by atoms with van der Waals surface area (Å²) < 4.78 is 14.9. The van der Waals surface area contributed by atoms with E-state index in [4.69, 9.17) is 5.73 Å². The fourth-order valence-corrected chi connectivity index (χ4v) is 3.68. The zero-order valence-electron chi connectivity index (χ0n) is 14.7. The Labute approximate surface area is 154 Å². The van der Waals surface area contributed by atoms with Crippen LogP contribution in [0, 0.1) is 18.7 Å². The lowest BCUT2D eigenvalue weighted by molar-refractivity contribution is -0.119. The number of hydrogen-bond acceptors (Lipinski definition) is 6. The normalized spacial score (nSPS) is 14.3. The second kappa shape index (κ2) is 6.99. The second-order valence-electron chi connectivity index (χ2n) is 6.63. The summed E-state index contributed by atoms with van der Waals surface area (Å²) >= 11 is 1.36. The summed E-state index contributed by atoms with van der Waals surface area (Å²) in [7, 11) is 0. The molecule has 1 aliphatic rings. The van der Waals surface area contributed by atoms with Gasteiger partial charge in [0.2, 0.25) is 5.91 Å². The molecule has 0 aliphatic carbocycles. The number of amides is 2. The van der Waals surface area contributed by atoms with Crippen molar-refractivity contribution >= 4 is 29.0 Å². The summed E-state index contributed by atoms with van der Waals surface area (Å²) in [4.78, 5) is 33.1. The largest absolute Gasteiger partial charge is 0.368 e. The molecule has 4 N–H and O–H groups in total. The van der Waals surface area contributed by atoms with Crippen LogP contribution in [0.3, 0.4) is 0 Å². The fourth-order valence-electron chi connectivity index (χ4n) is 2.91. The van der Waals surface area contributed by atoms with E-state index in [1.165, 1.54) is 11.3 Å². The van der Waals surface area contributed by atoms with Crippen LogP contribution in [-0.4, -0.2) is 27.8 Å². The highest BCUT2D eigenvalue weighted by atomic mass is 32.1. The van der Waals surface area contributed by atoms with Crippen molar-refractivity contribution in [2.45, 2.75) is 39.8 Å². The third-order valence-corrected chi connectivity index (χ3v) is 5.02. The zero-order chi connectivity index (χ0) is 19.0. The molecule has 0 saturated heterocycles. The van der Waals surface area contributed by atoms with E-state index in [0.717, 1.165) is 5.01 Å². The Balaban J connectivity index is 2.09. The Kier molecular flexibility index (Phi) is 4.90. The number of carbonyl (C=O) groups is 2. The first-order chi connectivity index (χ1) is 12.3. The Hall–Kier alpha value is -2.55. The molecule has 2 aromatic rings. The van der Waals surface area contributed by atoms with Crippen LogP contribution < -0.4 is 16.4 Å². The van der Waals surface area contributed by atoms with E-state index in [0.29, 0.717) is 17.0 Å². The number of nitrogens with zero attached hydrogens (tertiary/aromatic N) is 2. The van der Waals surface area contributed by atoms with E-state index in [1.54, 1.807) is 6.20 Å². The Morgan fingerprint density at radius 3 is 2.81 bits per heavy atom. The highest BCUT2D eigenvalue weighted by molar-refractivity contribution is 7.15. The molecule has 1 aliphatic heterocycles. The maximum atomic E-state index is 14.9. The van der Waals surface area contributed by atoms with Gasteiger partial charge in [-0.1, -0.05) is 13.8 Å². The molecule has 2 amide bonds. The predicted molar refractivity (Wildman–Crippen MR) is 97.3 cm³/mol. The number of nitrogens with two attached hydrogens (primary N) is 1. The molecule has 138 valence electrons. The minimum atomic E-state index is -0.754. The van der Waals surface area contributed by atoms with E-state index in [2.05, 4.69) is 20.6 Å². The maximum Gasteiger partial charge on any atom is 0.254 e. The Morgan fingerprint density at radius 2 is 2.23 bits per heavy atom. The number of halogens is 1. The molecule has 9 heteroatoms. The van der Waals surface area contributed by atoms with Gasteiger partial charge in [-0.05, 0) is 19.3 Å². The van der Waals surface area contributed by atoms with Gasteiger partial charge in [0.05, 0.1) is 21.1 Å². The molecule has 3 heterocycles. The van der Waals surface area contributed by atoms with Crippen LogP contribution in [-0.2, 0) is 11.3 Å². The Morgan fingerprint density at radius 1 is 1.50 bits per heavy atom. The van der Waals surface area contributed by atoms with Gasteiger partial charge in [-0.15, -0.1) is 11.3 Å². The molecule has 0 saturated carbocycles. The van der Waals surface area contributed by atoms with E-state index < -0.39 is 17.8 Å². The Bertz CT molecular complexity index is 880. The van der Waals surface area contributed by atoms with Gasteiger partial charge in [0.15, 0.2) is 11.6 Å². The lowest BCUT2D eigenvalue weighted by Crippen LogP contribution is -2.37. The fraction of sp³-hybridized carbons (Fsp3) is 0.412. The quantitative estimate of drug-likeness (QED) is 0.715. The standard InChI is InChI=1S/C17H20FN5O2S/c1-7(2)4-10(15(19)24)22-16-13(18)9-5-21-17(25)12(9)14(23-16)11-6-20-8(3)26-11/h6-7,10H,4-5H2,1-3H3,(H2,19,24)(H,21,25)(H,22,23). The number of anilines is 1. The number of rotatable bonds is 6. The van der Waals surface area contributed by atoms with Crippen LogP contribution in [0.25, 0.3) is 10.6 Å². The van der Waals surface area contributed by atoms with Gasteiger partial charge in [-0.2, -0.15) is 0 Å². The summed E-state index contributed by atoms with van der Waals surface area (Å²) in [6.45, 7) is 5.80. The number of carbonyl (C=O) groups excluding carboxylic acids is 2. The third-order valence-electron chi connectivity index (χ3n) is 4.10. The van der Waals surface area contributed by atoms with E-state index in [1.807, 2.05) is 20.8 Å². The SMILES string of the molecule is Cc1ncc(-c2nc(NC(CC(C)C)C(N)=O)c(F)c3c2C(=O)NC3)s1. The smallest absolute Gasteiger partial charge is 0.254 e. The van der Waals surface area contributed by atoms with Crippen LogP contribution in [0.1, 0.15) is 41.2 Å². The van der Waals surface area contributed by atoms with E-state index in [9.17, 15) is 14.0 Å². The zero-order valence-corrected chi connectivity index (χ0v) is 15.5. The second-order valence-corrected chi connectivity index (χ2v) is 7.87. The van der Waals surface area contributed by atoms with Crippen molar-refractivity contribution in [3.05, 3.63) is 28.1 Å². The highest BCUT2D eigenvalue weighted by Crippen LogP contribution is 2.35. The first-order valence-corrected chi connectivity index (χ1v) is 9.08. The molecule has 1 unspecified atom stereocenters. The number of nitrogens with one attached hydrogen (secondary N) is 2. The van der Waals surface area contributed by atoms with Crippen molar-refractivity contribution in [2.75, 3.05) is 5.32 Å². The van der Waals surface area contributed by atoms with Gasteiger partial charge in [0, 0.05) is 18.3 Å². The molecule has 0 spiro atoms. The molecular formula is C17H20FN5O2S. The third kappa shape index (κ3) is 3.39. The molecule has 1 atom stereocenters. The van der Waals surface area contributed by atoms with Gasteiger partial charge in [-0.25, -0.2) is 14.4 Å². The number of aromatic nitrogens is 2. The van der Waals surface area contributed by atoms with Gasteiger partial charge in [-0.3, -0.25) is 9.59 Å². The maximum absolute atomic E-state index is 14.9. The number of pyridine rings is 1. The molecule has 0 radical (unpaired) electrons. The summed E-state index contributed by atoms with van der Waals surface area (Å²) in [6, 6.07) is -0.754. The average molecular weight is 377 g/mol. The number of hydrogen-bond donors (Lipinski definition) is 3. The average Bonchev–Trinajstić information content (AvgIpc) is 3.15. The van der Waals surface area contributed by atoms with Gasteiger partial charge in [0.25, 0.3) is 5.91 Å². The first kappa shape index (κ1) is 18.2. The highest BCUT2D eigenvalue weighted by Gasteiger charge is 2.32. The molecule has 26 heavy (non-hydrogen) atoms. The molecule has 0 aromatic carbocycles. The van der Waals surface area contributed by atoms with Crippen molar-refractivity contribution in [3.8, 4) is 10.6 Å². The lowest BCUT2D eigenvalue weighted by Gasteiger charge is -2.19. The molecular weight excluding hydrogens is 357 g/mol. The molecule has 0 bridgehead atoms. The summed E-state index contributed by atoms with van der Waals surface area (Å²) in [6.07, 6.45) is 2.05. The van der Waals surface area contributed by atoms with Crippen LogP contribution in [0.15, 0.2) is 6.20 Å². The monoisotopic (exact) mass is 377 g/mol. The van der Waals surface area contributed by atoms with Crippen LogP contribution in [0.5, 0.6) is 0 Å². The molecule has 3 rings (SSSR count). The van der Waals surface area contributed by atoms with Crippen LogP contribution in [0.4, 0.5) is 10.2 Å². The number of fused-ring (bicyclic) bond motifs is 1.